The average molecular weight is 161 g/mol. The zero-order valence-electron chi connectivity index (χ0n) is 5.46. The van der Waals surface area contributed by atoms with Crippen molar-refractivity contribution in [3.63, 3.8) is 0 Å². The molecule has 1 N–H and O–H groups in total. The fourth-order valence-electron chi connectivity index (χ4n) is 2.31. The molecule has 0 aliphatic heterocycles. The summed E-state index contributed by atoms with van der Waals surface area (Å²) in [5, 5.41) is 8.84. The van der Waals surface area contributed by atoms with Crippen LogP contribution in [0.3, 0.4) is 0 Å². The Morgan fingerprint density at radius 1 is 1.40 bits per heavy atom. The van der Waals surface area contributed by atoms with E-state index in [1.54, 1.807) is 0 Å². The van der Waals surface area contributed by atoms with Crippen LogP contribution in [0.2, 0.25) is 0 Å². The number of alkyl halides is 1. The molecular formula is C7H9ClO2. The number of fused-ring (bicyclic) bond motifs is 1. The zero-order valence-corrected chi connectivity index (χ0v) is 6.21. The summed E-state index contributed by atoms with van der Waals surface area (Å²) in [4.78, 5) is 10.5. The molecule has 2 nitrogen and oxygen atoms in total. The van der Waals surface area contributed by atoms with E-state index in [0.29, 0.717) is 0 Å². The molecule has 3 aliphatic rings. The minimum absolute atomic E-state index is 0.109. The summed E-state index contributed by atoms with van der Waals surface area (Å²) in [7, 11) is 0. The molecule has 3 heteroatoms. The Kier molecular flexibility index (Phi) is 1.21. The van der Waals surface area contributed by atoms with Crippen molar-refractivity contribution in [1.82, 2.24) is 0 Å². The average Bonchev–Trinajstić information content (AvgIpc) is 2.40. The van der Waals surface area contributed by atoms with Gasteiger partial charge in [0.1, 0.15) is 0 Å². The van der Waals surface area contributed by atoms with Crippen LogP contribution in [0.5, 0.6) is 0 Å². The minimum atomic E-state index is -0.649. The number of hydrogen-bond donors (Lipinski definition) is 1. The maximum absolute atomic E-state index is 10.5. The summed E-state index contributed by atoms with van der Waals surface area (Å²) in [5.74, 6) is -0.194. The molecule has 0 heterocycles. The van der Waals surface area contributed by atoms with Gasteiger partial charge >= 0.3 is 5.97 Å². The topological polar surface area (TPSA) is 37.3 Å². The van der Waals surface area contributed by atoms with Crippen molar-refractivity contribution in [2.75, 3.05) is 0 Å². The SMILES string of the molecule is O=C(O)C1[C@@H]2CC[C@H]1C2Cl. The van der Waals surface area contributed by atoms with Crippen LogP contribution in [-0.2, 0) is 4.79 Å². The summed E-state index contributed by atoms with van der Waals surface area (Å²) in [6, 6.07) is 0. The largest absolute Gasteiger partial charge is 0.481 e. The van der Waals surface area contributed by atoms with Gasteiger partial charge in [0.2, 0.25) is 0 Å². The Hall–Kier alpha value is -0.240. The minimum Gasteiger partial charge on any atom is -0.481 e. The molecule has 0 radical (unpaired) electrons. The molecule has 4 atom stereocenters. The van der Waals surface area contributed by atoms with Gasteiger partial charge in [0.15, 0.2) is 0 Å². The number of halogens is 1. The Morgan fingerprint density at radius 2 is 1.90 bits per heavy atom. The highest BCUT2D eigenvalue weighted by Gasteiger charge is 2.57. The molecule has 10 heavy (non-hydrogen) atoms. The van der Waals surface area contributed by atoms with Crippen LogP contribution in [-0.4, -0.2) is 16.5 Å². The van der Waals surface area contributed by atoms with Crippen LogP contribution in [0, 0.1) is 17.8 Å². The number of rotatable bonds is 1. The summed E-state index contributed by atoms with van der Waals surface area (Å²) >= 11 is 5.89. The van der Waals surface area contributed by atoms with Gasteiger partial charge in [-0.1, -0.05) is 0 Å². The maximum atomic E-state index is 10.5. The third-order valence-electron chi connectivity index (χ3n) is 2.86. The smallest absolute Gasteiger partial charge is 0.307 e. The van der Waals surface area contributed by atoms with Gasteiger partial charge < -0.3 is 5.11 Å². The summed E-state index contributed by atoms with van der Waals surface area (Å²) < 4.78 is 0. The Balaban J connectivity index is 2.13. The van der Waals surface area contributed by atoms with Crippen molar-refractivity contribution >= 4 is 17.6 Å². The van der Waals surface area contributed by atoms with Crippen LogP contribution < -0.4 is 0 Å². The first kappa shape index (κ1) is 6.47. The highest BCUT2D eigenvalue weighted by atomic mass is 35.5. The predicted octanol–water partition coefficient (Wildman–Crippen LogP) is 1.33. The maximum Gasteiger partial charge on any atom is 0.307 e. The number of carboxylic acid groups (broad SMARTS) is 1. The van der Waals surface area contributed by atoms with Gasteiger partial charge in [0, 0.05) is 5.38 Å². The first-order valence-corrected chi connectivity index (χ1v) is 4.02. The Bertz CT molecular complexity index is 168. The van der Waals surface area contributed by atoms with Crippen molar-refractivity contribution in [3.05, 3.63) is 0 Å². The molecule has 56 valence electrons. The quantitative estimate of drug-likeness (QED) is 0.588. The highest BCUT2D eigenvalue weighted by molar-refractivity contribution is 6.22. The highest BCUT2D eigenvalue weighted by Crippen LogP contribution is 2.56. The van der Waals surface area contributed by atoms with E-state index < -0.39 is 5.97 Å². The van der Waals surface area contributed by atoms with E-state index in [4.69, 9.17) is 16.7 Å². The number of carbonyl (C=O) groups is 1. The zero-order chi connectivity index (χ0) is 7.30. The second kappa shape index (κ2) is 1.88. The Labute approximate surface area is 64.2 Å². The van der Waals surface area contributed by atoms with E-state index in [9.17, 15) is 4.79 Å². The van der Waals surface area contributed by atoms with E-state index >= 15 is 0 Å². The first-order chi connectivity index (χ1) is 4.72. The lowest BCUT2D eigenvalue weighted by molar-refractivity contribution is -0.148. The van der Waals surface area contributed by atoms with Gasteiger partial charge in [-0.2, -0.15) is 0 Å². The van der Waals surface area contributed by atoms with Crippen molar-refractivity contribution < 1.29 is 9.90 Å². The summed E-state index contributed by atoms with van der Waals surface area (Å²) in [5.41, 5.74) is 0. The lowest BCUT2D eigenvalue weighted by Crippen LogP contribution is -2.45. The van der Waals surface area contributed by atoms with E-state index in [0.717, 1.165) is 12.8 Å². The van der Waals surface area contributed by atoms with Crippen molar-refractivity contribution in [2.45, 2.75) is 18.2 Å². The molecule has 0 spiro atoms. The fourth-order valence-corrected chi connectivity index (χ4v) is 2.88. The van der Waals surface area contributed by atoms with Gasteiger partial charge in [-0.3, -0.25) is 4.79 Å². The molecule has 0 saturated heterocycles. The molecular weight excluding hydrogens is 152 g/mol. The number of aliphatic carboxylic acids is 1. The van der Waals surface area contributed by atoms with Gasteiger partial charge in [-0.15, -0.1) is 11.6 Å². The normalized spacial score (nSPS) is 50.5. The monoisotopic (exact) mass is 160 g/mol. The lowest BCUT2D eigenvalue weighted by Gasteiger charge is -2.37. The van der Waals surface area contributed by atoms with E-state index in [2.05, 4.69) is 0 Å². The molecule has 3 fully saturated rings. The molecule has 0 amide bonds. The second-order valence-electron chi connectivity index (χ2n) is 3.21. The van der Waals surface area contributed by atoms with Crippen LogP contribution in [0.1, 0.15) is 12.8 Å². The van der Waals surface area contributed by atoms with Crippen molar-refractivity contribution in [3.8, 4) is 0 Å². The molecule has 3 rings (SSSR count). The molecule has 3 saturated carbocycles. The van der Waals surface area contributed by atoms with Gasteiger partial charge in [0.25, 0.3) is 0 Å². The van der Waals surface area contributed by atoms with Crippen LogP contribution >= 0.6 is 11.6 Å². The van der Waals surface area contributed by atoms with E-state index in [1.165, 1.54) is 0 Å². The summed E-state index contributed by atoms with van der Waals surface area (Å²) in [6.45, 7) is 0. The standard InChI is InChI=1S/C7H9ClO2/c8-6-3-1-2-4(6)5(3)7(9)10/h3-6H,1-2H2,(H,9,10)/t3-,4+,5?,6?. The van der Waals surface area contributed by atoms with E-state index in [1.807, 2.05) is 0 Å². The van der Waals surface area contributed by atoms with Crippen LogP contribution in [0.4, 0.5) is 0 Å². The number of carboxylic acids is 1. The molecule has 2 unspecified atom stereocenters. The predicted molar refractivity (Wildman–Crippen MR) is 37.0 cm³/mol. The third-order valence-corrected chi connectivity index (χ3v) is 3.51. The fraction of sp³-hybridized carbons (Fsp3) is 0.857. The van der Waals surface area contributed by atoms with Gasteiger partial charge in [-0.05, 0) is 24.7 Å². The third kappa shape index (κ3) is 0.578. The van der Waals surface area contributed by atoms with Crippen molar-refractivity contribution in [1.29, 1.82) is 0 Å². The molecule has 0 aromatic heterocycles. The van der Waals surface area contributed by atoms with E-state index in [-0.39, 0.29) is 23.1 Å². The summed E-state index contributed by atoms with van der Waals surface area (Å²) in [6.07, 6.45) is 2.05. The lowest BCUT2D eigenvalue weighted by atomic mass is 9.72. The second-order valence-corrected chi connectivity index (χ2v) is 3.72. The van der Waals surface area contributed by atoms with Crippen LogP contribution in [0.15, 0.2) is 0 Å². The number of hydrogen-bond acceptors (Lipinski definition) is 1. The molecule has 0 aromatic rings. The molecule has 3 aliphatic carbocycles. The molecule has 0 aromatic carbocycles. The van der Waals surface area contributed by atoms with Crippen molar-refractivity contribution in [2.24, 2.45) is 17.8 Å². The Morgan fingerprint density at radius 3 is 2.10 bits per heavy atom. The van der Waals surface area contributed by atoms with Crippen LogP contribution in [0.25, 0.3) is 0 Å². The van der Waals surface area contributed by atoms with Gasteiger partial charge in [-0.25, -0.2) is 0 Å². The van der Waals surface area contributed by atoms with Gasteiger partial charge in [0.05, 0.1) is 5.92 Å². The molecule has 2 bridgehead atoms. The first-order valence-electron chi connectivity index (χ1n) is 3.58.